The summed E-state index contributed by atoms with van der Waals surface area (Å²) in [4.78, 5) is 20.8. The van der Waals surface area contributed by atoms with Gasteiger partial charge in [0.15, 0.2) is 0 Å². The number of nitrogens with zero attached hydrogens (tertiary/aromatic N) is 4. The average molecular weight is 370 g/mol. The number of nitrogens with two attached hydrogens (primary N) is 1. The molecular weight excluding hydrogens is 345 g/mol. The van der Waals surface area contributed by atoms with Crippen LogP contribution in [0.25, 0.3) is 0 Å². The lowest BCUT2D eigenvalue weighted by molar-refractivity contribution is -0.135. The van der Waals surface area contributed by atoms with Gasteiger partial charge in [0, 0.05) is 50.2 Å². The second-order valence-corrected chi connectivity index (χ2v) is 6.04. The minimum Gasteiger partial charge on any atom is -0.343 e. The van der Waals surface area contributed by atoms with E-state index in [0.29, 0.717) is 0 Å². The Bertz CT molecular complexity index is 463. The number of hydrogen-bond donors (Lipinski definition) is 1. The molecular formula is C13H25Cl2N5OS. The van der Waals surface area contributed by atoms with E-state index in [4.69, 9.17) is 5.73 Å². The minimum atomic E-state index is -0.116. The number of halogens is 2. The Morgan fingerprint density at radius 3 is 2.32 bits per heavy atom. The van der Waals surface area contributed by atoms with E-state index in [2.05, 4.69) is 21.2 Å². The van der Waals surface area contributed by atoms with Gasteiger partial charge in [-0.25, -0.2) is 4.98 Å². The topological polar surface area (TPSA) is 75.4 Å². The quantitative estimate of drug-likeness (QED) is 0.871. The lowest BCUT2D eigenvalue weighted by Crippen LogP contribution is -2.52. The first-order chi connectivity index (χ1) is 9.52. The van der Waals surface area contributed by atoms with Crippen LogP contribution in [-0.2, 0) is 11.2 Å². The van der Waals surface area contributed by atoms with E-state index in [1.54, 1.807) is 0 Å². The molecule has 0 spiro atoms. The fourth-order valence-corrected chi connectivity index (χ4v) is 2.95. The zero-order chi connectivity index (χ0) is 14.7. The van der Waals surface area contributed by atoms with Crippen molar-refractivity contribution in [1.29, 1.82) is 0 Å². The predicted octanol–water partition coefficient (Wildman–Crippen LogP) is 1.58. The number of aromatic nitrogens is 2. The Kier molecular flexibility index (Phi) is 9.22. The fourth-order valence-electron chi connectivity index (χ4n) is 2.15. The number of carbonyl (C=O) groups excluding carboxylic acids is 1. The molecule has 2 heterocycles. The third-order valence-electron chi connectivity index (χ3n) is 3.81. The Hall–Kier alpha value is -0.630. The third-order valence-corrected chi connectivity index (χ3v) is 4.63. The molecule has 2 unspecified atom stereocenters. The Morgan fingerprint density at radius 1 is 1.27 bits per heavy atom. The van der Waals surface area contributed by atoms with Crippen molar-refractivity contribution in [3.63, 3.8) is 0 Å². The lowest BCUT2D eigenvalue weighted by Gasteiger charge is -2.36. The van der Waals surface area contributed by atoms with Gasteiger partial charge in [-0.3, -0.25) is 4.79 Å². The van der Waals surface area contributed by atoms with Gasteiger partial charge in [0.25, 0.3) is 0 Å². The van der Waals surface area contributed by atoms with Crippen molar-refractivity contribution in [2.24, 2.45) is 11.7 Å². The monoisotopic (exact) mass is 369 g/mol. The second kappa shape index (κ2) is 9.50. The molecule has 6 nitrogen and oxygen atoms in total. The van der Waals surface area contributed by atoms with Crippen LogP contribution in [0, 0.1) is 5.92 Å². The molecule has 0 saturated carbocycles. The number of carbonyl (C=O) groups is 1. The summed E-state index contributed by atoms with van der Waals surface area (Å²) in [6.07, 6.45) is 0.862. The number of rotatable bonds is 4. The average Bonchev–Trinajstić information content (AvgIpc) is 2.94. The van der Waals surface area contributed by atoms with Gasteiger partial charge >= 0.3 is 0 Å². The van der Waals surface area contributed by atoms with Gasteiger partial charge in [0.05, 0.1) is 5.92 Å². The van der Waals surface area contributed by atoms with Crippen LogP contribution in [-0.4, -0.2) is 52.4 Å². The van der Waals surface area contributed by atoms with Crippen LogP contribution in [0.3, 0.4) is 0 Å². The summed E-state index contributed by atoms with van der Waals surface area (Å²) in [5, 5.41) is 0.967. The minimum absolute atomic E-state index is 0. The molecule has 0 radical (unpaired) electrons. The van der Waals surface area contributed by atoms with E-state index in [-0.39, 0.29) is 42.7 Å². The van der Waals surface area contributed by atoms with Crippen molar-refractivity contribution in [1.82, 2.24) is 14.3 Å². The zero-order valence-electron chi connectivity index (χ0n) is 13.2. The molecule has 0 aliphatic carbocycles. The van der Waals surface area contributed by atoms with Crippen LogP contribution >= 0.6 is 36.3 Å². The van der Waals surface area contributed by atoms with E-state index >= 15 is 0 Å². The number of anilines is 1. The highest BCUT2D eigenvalue weighted by Gasteiger charge is 2.27. The number of piperazine rings is 1. The van der Waals surface area contributed by atoms with Gasteiger partial charge in [-0.2, -0.15) is 4.37 Å². The maximum Gasteiger partial charge on any atom is 0.227 e. The summed E-state index contributed by atoms with van der Waals surface area (Å²) in [6.45, 7) is 8.93. The number of amides is 1. The van der Waals surface area contributed by atoms with Gasteiger partial charge in [-0.15, -0.1) is 24.8 Å². The number of aryl methyl sites for hydroxylation is 1. The summed E-state index contributed by atoms with van der Waals surface area (Å²) < 4.78 is 4.31. The first-order valence-corrected chi connectivity index (χ1v) is 7.92. The first-order valence-electron chi connectivity index (χ1n) is 7.14. The molecule has 0 bridgehead atoms. The van der Waals surface area contributed by atoms with Crippen LogP contribution in [0.4, 0.5) is 5.13 Å². The number of hydrogen-bond acceptors (Lipinski definition) is 6. The summed E-state index contributed by atoms with van der Waals surface area (Å²) in [5.41, 5.74) is 5.81. The Morgan fingerprint density at radius 2 is 1.86 bits per heavy atom. The van der Waals surface area contributed by atoms with E-state index < -0.39 is 0 Å². The van der Waals surface area contributed by atoms with Gasteiger partial charge in [0.1, 0.15) is 5.82 Å². The molecule has 0 aromatic carbocycles. The normalized spacial score (nSPS) is 17.3. The largest absolute Gasteiger partial charge is 0.343 e. The molecule has 2 rings (SSSR count). The highest BCUT2D eigenvalue weighted by atomic mass is 35.5. The summed E-state index contributed by atoms with van der Waals surface area (Å²) in [6, 6.07) is -0.101. The molecule has 1 aromatic heterocycles. The predicted molar refractivity (Wildman–Crippen MR) is 95.4 cm³/mol. The van der Waals surface area contributed by atoms with Crippen molar-refractivity contribution in [3.8, 4) is 0 Å². The van der Waals surface area contributed by atoms with Crippen LogP contribution in [0.1, 0.15) is 26.6 Å². The van der Waals surface area contributed by atoms with Crippen LogP contribution < -0.4 is 10.6 Å². The molecule has 128 valence electrons. The van der Waals surface area contributed by atoms with Gasteiger partial charge in [-0.1, -0.05) is 13.8 Å². The maximum atomic E-state index is 12.2. The van der Waals surface area contributed by atoms with Crippen molar-refractivity contribution in [2.45, 2.75) is 33.2 Å². The fraction of sp³-hybridized carbons (Fsp3) is 0.769. The molecule has 9 heteroatoms. The summed E-state index contributed by atoms with van der Waals surface area (Å²) in [5.74, 6) is 0.940. The van der Waals surface area contributed by atoms with Crippen molar-refractivity contribution in [2.75, 3.05) is 31.1 Å². The first kappa shape index (κ1) is 21.4. The lowest BCUT2D eigenvalue weighted by atomic mass is 10.0. The summed E-state index contributed by atoms with van der Waals surface area (Å²) in [7, 11) is 0. The van der Waals surface area contributed by atoms with E-state index in [1.165, 1.54) is 11.5 Å². The molecule has 22 heavy (non-hydrogen) atoms. The van der Waals surface area contributed by atoms with E-state index in [0.717, 1.165) is 43.6 Å². The van der Waals surface area contributed by atoms with Gasteiger partial charge < -0.3 is 15.5 Å². The van der Waals surface area contributed by atoms with Crippen molar-refractivity contribution in [3.05, 3.63) is 5.82 Å². The molecule has 2 N–H and O–H groups in total. The molecule has 2 atom stereocenters. The molecule has 1 fully saturated rings. The van der Waals surface area contributed by atoms with Crippen LogP contribution in [0.15, 0.2) is 0 Å². The van der Waals surface area contributed by atoms with Crippen molar-refractivity contribution < 1.29 is 4.79 Å². The second-order valence-electron chi connectivity index (χ2n) is 5.31. The maximum absolute atomic E-state index is 12.2. The van der Waals surface area contributed by atoms with Crippen LogP contribution in [0.2, 0.25) is 0 Å². The molecule has 1 amide bonds. The molecule has 1 aliphatic heterocycles. The highest BCUT2D eigenvalue weighted by Crippen LogP contribution is 2.20. The van der Waals surface area contributed by atoms with E-state index in [9.17, 15) is 4.79 Å². The Labute approximate surface area is 148 Å². The third kappa shape index (κ3) is 4.94. The van der Waals surface area contributed by atoms with Crippen LogP contribution in [0.5, 0.6) is 0 Å². The van der Waals surface area contributed by atoms with Crippen molar-refractivity contribution >= 4 is 47.4 Å². The molecule has 1 saturated heterocycles. The smallest absolute Gasteiger partial charge is 0.227 e. The van der Waals surface area contributed by atoms with E-state index in [1.807, 2.05) is 18.7 Å². The Balaban J connectivity index is 0.00000220. The van der Waals surface area contributed by atoms with Gasteiger partial charge in [0.2, 0.25) is 11.0 Å². The highest BCUT2D eigenvalue weighted by molar-refractivity contribution is 7.09. The standard InChI is InChI=1S/C13H23N5OS.2ClH/c1-4-11-15-13(20-16-11)18-7-5-17(6-8-18)12(19)9(2)10(3)14;;/h9-10H,4-8,14H2,1-3H3;2*1H. The zero-order valence-corrected chi connectivity index (χ0v) is 15.6. The summed E-state index contributed by atoms with van der Waals surface area (Å²) >= 11 is 1.44. The molecule has 1 aliphatic rings. The van der Waals surface area contributed by atoms with Gasteiger partial charge in [-0.05, 0) is 6.92 Å². The molecule has 1 aromatic rings. The SMILES string of the molecule is CCc1nsc(N2CCN(C(=O)C(C)C(C)N)CC2)n1.Cl.Cl.